The molecule has 126 valence electrons. The molecule has 24 heavy (non-hydrogen) atoms. The third-order valence-electron chi connectivity index (χ3n) is 4.25. The Morgan fingerprint density at radius 1 is 1.21 bits per heavy atom. The second-order valence-electron chi connectivity index (χ2n) is 5.66. The molecule has 5 N–H and O–H groups in total. The Hall–Kier alpha value is -2.49. The van der Waals surface area contributed by atoms with Gasteiger partial charge in [0.1, 0.15) is 23.4 Å². The number of hydrogen-bond acceptors (Lipinski definition) is 6. The minimum Gasteiger partial charge on any atom is -0.507 e. The number of nitrogens with zero attached hydrogens (tertiary/aromatic N) is 2. The first-order valence-electron chi connectivity index (χ1n) is 7.54. The molecule has 7 heteroatoms. The molecule has 0 radical (unpaired) electrons. The lowest BCUT2D eigenvalue weighted by atomic mass is 9.86. The van der Waals surface area contributed by atoms with Gasteiger partial charge in [0.05, 0.1) is 16.8 Å². The molecule has 1 aliphatic heterocycles. The molecule has 2 aromatic rings. The number of nitriles is 1. The van der Waals surface area contributed by atoms with Crippen LogP contribution in [-0.2, 0) is 0 Å². The number of hydrogen-bond donors (Lipinski definition) is 4. The predicted molar refractivity (Wildman–Crippen MR) is 94.2 cm³/mol. The van der Waals surface area contributed by atoms with E-state index in [0.717, 1.165) is 31.5 Å². The number of nitrogen functional groups attached to an aromatic ring is 1. The van der Waals surface area contributed by atoms with E-state index in [1.54, 1.807) is 12.1 Å². The van der Waals surface area contributed by atoms with Crippen molar-refractivity contribution in [2.24, 2.45) is 0 Å². The predicted octanol–water partition coefficient (Wildman–Crippen LogP) is 2.50. The van der Waals surface area contributed by atoms with Gasteiger partial charge in [0, 0.05) is 0 Å². The zero-order valence-electron chi connectivity index (χ0n) is 13.0. The molecule has 1 aromatic carbocycles. The Bertz CT molecular complexity index is 763. The lowest BCUT2D eigenvalue weighted by molar-refractivity contribution is 0.453. The molecule has 0 bridgehead atoms. The molecule has 6 nitrogen and oxygen atoms in total. The zero-order valence-corrected chi connectivity index (χ0v) is 13.8. The lowest BCUT2D eigenvalue weighted by Crippen LogP contribution is -2.27. The molecule has 0 unspecified atom stereocenters. The van der Waals surface area contributed by atoms with Crippen molar-refractivity contribution in [1.29, 1.82) is 5.26 Å². The van der Waals surface area contributed by atoms with Crippen molar-refractivity contribution in [1.82, 2.24) is 10.3 Å². The van der Waals surface area contributed by atoms with Crippen molar-refractivity contribution in [2.45, 2.75) is 18.8 Å². The van der Waals surface area contributed by atoms with E-state index >= 15 is 0 Å². The van der Waals surface area contributed by atoms with E-state index < -0.39 is 0 Å². The Kier molecular flexibility index (Phi) is 5.50. The summed E-state index contributed by atoms with van der Waals surface area (Å²) in [4.78, 5) is 4.21. The first-order chi connectivity index (χ1) is 11.1. The summed E-state index contributed by atoms with van der Waals surface area (Å²) in [6.07, 6.45) is 1.81. The van der Waals surface area contributed by atoms with Gasteiger partial charge in [-0.15, -0.1) is 12.4 Å². The number of phenolic OH excluding ortho intramolecular Hbond substituents is 2. The molecule has 0 amide bonds. The second kappa shape index (κ2) is 7.39. The highest BCUT2D eigenvalue weighted by molar-refractivity contribution is 5.85. The number of nitrogens with two attached hydrogens (primary N) is 1. The fraction of sp³-hybridized carbons (Fsp3) is 0.294. The number of benzene rings is 1. The molecule has 3 rings (SSSR count). The number of piperidine rings is 1. The van der Waals surface area contributed by atoms with Crippen LogP contribution in [0, 0.1) is 11.3 Å². The van der Waals surface area contributed by atoms with E-state index in [1.807, 2.05) is 0 Å². The minimum atomic E-state index is -0.0714. The van der Waals surface area contributed by atoms with Gasteiger partial charge < -0.3 is 21.3 Å². The van der Waals surface area contributed by atoms with Gasteiger partial charge in [0.25, 0.3) is 0 Å². The first-order valence-corrected chi connectivity index (χ1v) is 7.54. The van der Waals surface area contributed by atoms with Crippen molar-refractivity contribution < 1.29 is 10.2 Å². The van der Waals surface area contributed by atoms with E-state index in [9.17, 15) is 15.5 Å². The van der Waals surface area contributed by atoms with Crippen LogP contribution in [0.15, 0.2) is 24.3 Å². The highest BCUT2D eigenvalue weighted by atomic mass is 35.5. The number of halogens is 1. The van der Waals surface area contributed by atoms with Crippen molar-refractivity contribution in [3.05, 3.63) is 35.4 Å². The van der Waals surface area contributed by atoms with Crippen LogP contribution in [0.4, 0.5) is 5.82 Å². The molecule has 0 saturated carbocycles. The molecule has 0 atom stereocenters. The monoisotopic (exact) mass is 346 g/mol. The van der Waals surface area contributed by atoms with E-state index in [0.29, 0.717) is 11.3 Å². The highest BCUT2D eigenvalue weighted by Crippen LogP contribution is 2.39. The van der Waals surface area contributed by atoms with Crippen LogP contribution in [-0.4, -0.2) is 28.3 Å². The fourth-order valence-corrected chi connectivity index (χ4v) is 3.08. The summed E-state index contributed by atoms with van der Waals surface area (Å²) in [6, 6.07) is 8.41. The molecule has 1 aliphatic rings. The first kappa shape index (κ1) is 17.9. The average molecular weight is 347 g/mol. The molecular formula is C17H19ClN4O2. The van der Waals surface area contributed by atoms with Gasteiger partial charge in [-0.2, -0.15) is 5.26 Å². The number of phenols is 2. The fourth-order valence-electron chi connectivity index (χ4n) is 3.08. The number of aromatic nitrogens is 1. The average Bonchev–Trinajstić information content (AvgIpc) is 2.55. The Morgan fingerprint density at radius 3 is 2.42 bits per heavy atom. The van der Waals surface area contributed by atoms with E-state index in [4.69, 9.17) is 5.73 Å². The van der Waals surface area contributed by atoms with Crippen LogP contribution in [0.25, 0.3) is 11.3 Å². The summed E-state index contributed by atoms with van der Waals surface area (Å²) in [7, 11) is 0. The highest BCUT2D eigenvalue weighted by Gasteiger charge is 2.23. The van der Waals surface area contributed by atoms with Gasteiger partial charge in [-0.25, -0.2) is 4.98 Å². The molecular weight excluding hydrogens is 328 g/mol. The largest absolute Gasteiger partial charge is 0.507 e. The molecule has 1 saturated heterocycles. The van der Waals surface area contributed by atoms with Gasteiger partial charge in [0.2, 0.25) is 0 Å². The van der Waals surface area contributed by atoms with Crippen molar-refractivity contribution >= 4 is 18.2 Å². The summed E-state index contributed by atoms with van der Waals surface area (Å²) in [5, 5.41) is 32.8. The van der Waals surface area contributed by atoms with Crippen LogP contribution in [0.2, 0.25) is 0 Å². The van der Waals surface area contributed by atoms with Gasteiger partial charge in [-0.3, -0.25) is 0 Å². The smallest absolute Gasteiger partial charge is 0.142 e. The van der Waals surface area contributed by atoms with Crippen LogP contribution >= 0.6 is 12.4 Å². The van der Waals surface area contributed by atoms with Gasteiger partial charge in [-0.05, 0) is 55.6 Å². The van der Waals surface area contributed by atoms with Crippen LogP contribution in [0.3, 0.4) is 0 Å². The second-order valence-corrected chi connectivity index (χ2v) is 5.66. The summed E-state index contributed by atoms with van der Waals surface area (Å²) >= 11 is 0. The van der Waals surface area contributed by atoms with E-state index in [-0.39, 0.29) is 41.2 Å². The Balaban J connectivity index is 0.00000208. The topological polar surface area (TPSA) is 115 Å². The number of anilines is 1. The zero-order chi connectivity index (χ0) is 16.4. The number of nitrogens with one attached hydrogen (secondary N) is 1. The Labute approximate surface area is 146 Å². The van der Waals surface area contributed by atoms with Gasteiger partial charge >= 0.3 is 0 Å². The standard InChI is InChI=1S/C17H18N4O2.ClH/c18-9-12-11(10-4-6-20-7-5-10)8-13(21-17(12)19)16-14(22)2-1-3-15(16)23;/h1-3,8,10,20,22-23H,4-7H2,(H2,19,21);1H. The quantitative estimate of drug-likeness (QED) is 0.664. The summed E-state index contributed by atoms with van der Waals surface area (Å²) in [5.41, 5.74) is 7.80. The van der Waals surface area contributed by atoms with Gasteiger partial charge in [0.15, 0.2) is 0 Å². The molecule has 0 aliphatic carbocycles. The number of pyridine rings is 1. The van der Waals surface area contributed by atoms with Crippen molar-refractivity contribution in [3.8, 4) is 28.8 Å². The third-order valence-corrected chi connectivity index (χ3v) is 4.25. The molecule has 2 heterocycles. The SMILES string of the molecule is Cl.N#Cc1c(C2CCNCC2)cc(-c2c(O)cccc2O)nc1N. The summed E-state index contributed by atoms with van der Waals surface area (Å²) in [6.45, 7) is 1.77. The maximum Gasteiger partial charge on any atom is 0.142 e. The summed E-state index contributed by atoms with van der Waals surface area (Å²) < 4.78 is 0. The minimum absolute atomic E-state index is 0. The van der Waals surface area contributed by atoms with E-state index in [2.05, 4.69) is 16.4 Å². The number of rotatable bonds is 2. The number of aromatic hydroxyl groups is 2. The molecule has 0 spiro atoms. The van der Waals surface area contributed by atoms with Crippen LogP contribution in [0.1, 0.15) is 29.9 Å². The summed E-state index contributed by atoms with van der Waals surface area (Å²) in [5.74, 6) is 0.194. The Morgan fingerprint density at radius 2 is 1.83 bits per heavy atom. The molecule has 1 fully saturated rings. The maximum atomic E-state index is 10.0. The van der Waals surface area contributed by atoms with Crippen molar-refractivity contribution in [3.63, 3.8) is 0 Å². The van der Waals surface area contributed by atoms with E-state index in [1.165, 1.54) is 12.1 Å². The maximum absolute atomic E-state index is 10.0. The third kappa shape index (κ3) is 3.23. The van der Waals surface area contributed by atoms with Gasteiger partial charge in [-0.1, -0.05) is 6.07 Å². The van der Waals surface area contributed by atoms with Crippen LogP contribution in [0.5, 0.6) is 11.5 Å². The lowest BCUT2D eigenvalue weighted by Gasteiger charge is -2.24. The molecule has 1 aromatic heterocycles. The van der Waals surface area contributed by atoms with Crippen molar-refractivity contribution in [2.75, 3.05) is 18.8 Å². The van der Waals surface area contributed by atoms with Crippen LogP contribution < -0.4 is 11.1 Å². The normalized spacial score (nSPS) is 14.6.